The number of hydrogen-bond donors (Lipinski definition) is 4. The molecule has 39 heavy (non-hydrogen) atoms. The van der Waals surface area contributed by atoms with E-state index in [0.29, 0.717) is 64.3 Å². The molecule has 0 bridgehead atoms. The van der Waals surface area contributed by atoms with Crippen LogP contribution in [0.1, 0.15) is 12.0 Å². The molecular formula is C25H35N5O8S. The number of nitrogens with zero attached hydrogens (tertiary/aromatic N) is 5. The lowest BCUT2D eigenvalue weighted by molar-refractivity contribution is -0.143. The van der Waals surface area contributed by atoms with E-state index in [2.05, 4.69) is 22.4 Å². The van der Waals surface area contributed by atoms with E-state index in [4.69, 9.17) is 0 Å². The van der Waals surface area contributed by atoms with Gasteiger partial charge < -0.3 is 20.4 Å². The molecule has 1 aromatic rings. The summed E-state index contributed by atoms with van der Waals surface area (Å²) in [5, 5.41) is 39.8. The standard InChI is InChI=1S/C25H35N5O8S/c31-22(32)14-28-9-7-27(8-10-29(12-11-28)15-23(33)34)13-21(30(16-24(35)36)17-25(37)38)6-3-19-1-4-20(5-2-19)26-18-39/h1-2,4-5,21H,3,6-17H2,(H,31,32)(H,33,34)(H,35,36)(H,37,38). The van der Waals surface area contributed by atoms with Crippen molar-refractivity contribution in [2.24, 2.45) is 4.99 Å². The molecule has 0 radical (unpaired) electrons. The molecule has 1 aromatic carbocycles. The fourth-order valence-corrected chi connectivity index (χ4v) is 4.64. The van der Waals surface area contributed by atoms with E-state index in [0.717, 1.165) is 5.56 Å². The molecule has 13 nitrogen and oxygen atoms in total. The molecule has 2 rings (SSSR count). The number of isothiocyanates is 1. The zero-order valence-electron chi connectivity index (χ0n) is 21.6. The largest absolute Gasteiger partial charge is 0.480 e. The van der Waals surface area contributed by atoms with E-state index in [1.807, 2.05) is 17.0 Å². The van der Waals surface area contributed by atoms with Gasteiger partial charge in [-0.05, 0) is 42.8 Å². The number of aliphatic carboxylic acids is 4. The summed E-state index contributed by atoms with van der Waals surface area (Å²) in [7, 11) is 0. The van der Waals surface area contributed by atoms with Crippen molar-refractivity contribution in [3.63, 3.8) is 0 Å². The second kappa shape index (κ2) is 16.6. The molecule has 14 heteroatoms. The number of carboxylic acid groups (broad SMARTS) is 4. The first-order chi connectivity index (χ1) is 18.5. The van der Waals surface area contributed by atoms with Gasteiger partial charge in [-0.2, -0.15) is 4.99 Å². The second-order valence-electron chi connectivity index (χ2n) is 9.39. The Hall–Kier alpha value is -3.26. The molecule has 0 spiro atoms. The predicted molar refractivity (Wildman–Crippen MR) is 145 cm³/mol. The molecule has 0 aromatic heterocycles. The normalized spacial score (nSPS) is 16.4. The molecule has 0 saturated carbocycles. The minimum absolute atomic E-state index is 0.189. The third kappa shape index (κ3) is 12.9. The van der Waals surface area contributed by atoms with Crippen molar-refractivity contribution < 1.29 is 39.6 Å². The molecule has 0 aliphatic carbocycles. The predicted octanol–water partition coefficient (Wildman–Crippen LogP) is 0.282. The van der Waals surface area contributed by atoms with Crippen molar-refractivity contribution in [1.82, 2.24) is 19.6 Å². The number of aryl methyl sites for hydroxylation is 1. The van der Waals surface area contributed by atoms with Crippen LogP contribution in [-0.4, -0.2) is 147 Å². The van der Waals surface area contributed by atoms with Crippen molar-refractivity contribution in [2.75, 3.05) is 72.0 Å². The first-order valence-electron chi connectivity index (χ1n) is 12.5. The smallest absolute Gasteiger partial charge is 0.317 e. The Morgan fingerprint density at radius 1 is 0.795 bits per heavy atom. The van der Waals surface area contributed by atoms with E-state index in [1.54, 1.807) is 21.9 Å². The molecule has 1 aliphatic heterocycles. The van der Waals surface area contributed by atoms with Gasteiger partial charge in [0.2, 0.25) is 0 Å². The average Bonchev–Trinajstić information content (AvgIpc) is 2.93. The Labute approximate surface area is 231 Å². The van der Waals surface area contributed by atoms with Gasteiger partial charge in [0.1, 0.15) is 0 Å². The van der Waals surface area contributed by atoms with E-state index >= 15 is 0 Å². The van der Waals surface area contributed by atoms with Crippen LogP contribution in [0.25, 0.3) is 0 Å². The van der Waals surface area contributed by atoms with Crippen LogP contribution in [0.3, 0.4) is 0 Å². The van der Waals surface area contributed by atoms with Crippen molar-refractivity contribution in [3.8, 4) is 0 Å². The maximum absolute atomic E-state index is 11.6. The Kier molecular flexibility index (Phi) is 13.6. The third-order valence-corrected chi connectivity index (χ3v) is 6.55. The summed E-state index contributed by atoms with van der Waals surface area (Å²) in [5.74, 6) is -4.26. The van der Waals surface area contributed by atoms with Gasteiger partial charge in [0, 0.05) is 51.9 Å². The third-order valence-electron chi connectivity index (χ3n) is 6.45. The number of rotatable bonds is 15. The van der Waals surface area contributed by atoms with Crippen molar-refractivity contribution in [3.05, 3.63) is 29.8 Å². The van der Waals surface area contributed by atoms with Gasteiger partial charge in [0.05, 0.1) is 37.0 Å². The van der Waals surface area contributed by atoms with Crippen molar-refractivity contribution >= 4 is 46.9 Å². The van der Waals surface area contributed by atoms with Crippen LogP contribution in [-0.2, 0) is 25.6 Å². The van der Waals surface area contributed by atoms with Crippen molar-refractivity contribution in [2.45, 2.75) is 18.9 Å². The zero-order valence-corrected chi connectivity index (χ0v) is 22.5. The van der Waals surface area contributed by atoms with Crippen molar-refractivity contribution in [1.29, 1.82) is 0 Å². The molecule has 1 atom stereocenters. The van der Waals surface area contributed by atoms with Crippen LogP contribution in [0.4, 0.5) is 5.69 Å². The fourth-order valence-electron chi connectivity index (χ4n) is 4.54. The summed E-state index contributed by atoms with van der Waals surface area (Å²) >= 11 is 4.62. The highest BCUT2D eigenvalue weighted by Gasteiger charge is 2.27. The maximum atomic E-state index is 11.6. The molecule has 1 fully saturated rings. The van der Waals surface area contributed by atoms with Gasteiger partial charge in [-0.15, -0.1) is 0 Å². The maximum Gasteiger partial charge on any atom is 0.317 e. The number of hydrogen-bond acceptors (Lipinski definition) is 10. The summed E-state index contributed by atoms with van der Waals surface area (Å²) in [6.07, 6.45) is 1.01. The van der Waals surface area contributed by atoms with E-state index < -0.39 is 43.0 Å². The summed E-state index contributed by atoms with van der Waals surface area (Å²) < 4.78 is 0. The highest BCUT2D eigenvalue weighted by Crippen LogP contribution is 2.17. The van der Waals surface area contributed by atoms with Gasteiger partial charge >= 0.3 is 23.9 Å². The van der Waals surface area contributed by atoms with Gasteiger partial charge in [-0.3, -0.25) is 38.8 Å². The Balaban J connectivity index is 2.25. The van der Waals surface area contributed by atoms with Crippen LogP contribution in [0.5, 0.6) is 0 Å². The van der Waals surface area contributed by atoms with Gasteiger partial charge in [-0.25, -0.2) is 0 Å². The number of carbonyl (C=O) groups is 4. The first-order valence-corrected chi connectivity index (χ1v) is 12.9. The Bertz CT molecular complexity index is 990. The van der Waals surface area contributed by atoms with Crippen LogP contribution >= 0.6 is 12.2 Å². The first kappa shape index (κ1) is 32.0. The van der Waals surface area contributed by atoms with Gasteiger partial charge in [0.15, 0.2) is 0 Å². The number of carboxylic acids is 4. The van der Waals surface area contributed by atoms with E-state index in [9.17, 15) is 39.6 Å². The van der Waals surface area contributed by atoms with Crippen LogP contribution in [0.15, 0.2) is 29.3 Å². The van der Waals surface area contributed by atoms with Crippen LogP contribution in [0, 0.1) is 0 Å². The molecule has 4 N–H and O–H groups in total. The number of aliphatic imine (C=N–C) groups is 1. The van der Waals surface area contributed by atoms with Crippen LogP contribution in [0.2, 0.25) is 0 Å². The van der Waals surface area contributed by atoms with E-state index in [-0.39, 0.29) is 13.1 Å². The summed E-state index contributed by atoms with van der Waals surface area (Å²) in [6, 6.07) is 6.86. The number of benzene rings is 1. The fraction of sp³-hybridized carbons (Fsp3) is 0.560. The van der Waals surface area contributed by atoms with Gasteiger partial charge in [0.25, 0.3) is 0 Å². The Morgan fingerprint density at radius 2 is 1.26 bits per heavy atom. The molecule has 0 amide bonds. The second-order valence-corrected chi connectivity index (χ2v) is 9.58. The lowest BCUT2D eigenvalue weighted by Crippen LogP contribution is -2.50. The molecule has 214 valence electrons. The zero-order chi connectivity index (χ0) is 28.8. The van der Waals surface area contributed by atoms with E-state index in [1.165, 1.54) is 4.90 Å². The molecular weight excluding hydrogens is 530 g/mol. The highest BCUT2D eigenvalue weighted by atomic mass is 32.1. The highest BCUT2D eigenvalue weighted by molar-refractivity contribution is 7.78. The summed E-state index contributed by atoms with van der Waals surface area (Å²) in [6.45, 7) is 1.58. The molecule has 1 unspecified atom stereocenters. The molecule has 1 aliphatic rings. The minimum Gasteiger partial charge on any atom is -0.480 e. The number of thiocarbonyl (C=S) groups is 1. The quantitative estimate of drug-likeness (QED) is 0.169. The lowest BCUT2D eigenvalue weighted by Gasteiger charge is -2.35. The lowest BCUT2D eigenvalue weighted by atomic mass is 10.0. The summed E-state index contributed by atoms with van der Waals surface area (Å²) in [4.78, 5) is 56.7. The molecule has 1 heterocycles. The SMILES string of the molecule is O=C(O)CN1CCN(CC(=O)O)CCN(CC(CCc2ccc(N=C=S)cc2)N(CC(=O)O)CC(=O)O)CC1. The summed E-state index contributed by atoms with van der Waals surface area (Å²) in [5.41, 5.74) is 1.61. The van der Waals surface area contributed by atoms with Gasteiger partial charge in [-0.1, -0.05) is 12.1 Å². The molecule has 1 saturated heterocycles. The minimum atomic E-state index is -1.15. The monoisotopic (exact) mass is 565 g/mol. The Morgan fingerprint density at radius 3 is 1.67 bits per heavy atom. The van der Waals surface area contributed by atoms with Crippen LogP contribution < -0.4 is 0 Å². The average molecular weight is 566 g/mol. The topological polar surface area (TPSA) is 175 Å².